The van der Waals surface area contributed by atoms with E-state index in [9.17, 15) is 9.59 Å². The minimum absolute atomic E-state index is 0.124. The molecule has 3 heterocycles. The van der Waals surface area contributed by atoms with Crippen LogP contribution in [0.2, 0.25) is 0 Å². The molecule has 4 aromatic rings. The van der Waals surface area contributed by atoms with Crippen LogP contribution in [0.3, 0.4) is 0 Å². The van der Waals surface area contributed by atoms with Crippen LogP contribution in [0.1, 0.15) is 26.3 Å². The summed E-state index contributed by atoms with van der Waals surface area (Å²) < 4.78 is 7.06. The lowest BCUT2D eigenvalue weighted by atomic mass is 10.0. The first-order valence-corrected chi connectivity index (χ1v) is 8.98. The van der Waals surface area contributed by atoms with Gasteiger partial charge in [-0.3, -0.25) is 9.59 Å². The molecule has 1 aromatic carbocycles. The van der Waals surface area contributed by atoms with E-state index in [1.807, 2.05) is 39.6 Å². The third-order valence-corrected chi connectivity index (χ3v) is 5.04. The number of nitrogens with zero attached hydrogens (tertiary/aromatic N) is 1. The quantitative estimate of drug-likeness (QED) is 0.382. The molecule has 128 valence electrons. The fourth-order valence-corrected chi connectivity index (χ4v) is 3.73. The van der Waals surface area contributed by atoms with Crippen LogP contribution in [0.5, 0.6) is 5.75 Å². The van der Waals surface area contributed by atoms with Crippen molar-refractivity contribution in [2.75, 3.05) is 7.11 Å². The topological polar surface area (TPSA) is 47.8 Å². The van der Waals surface area contributed by atoms with Crippen LogP contribution in [0.15, 0.2) is 65.5 Å². The molecule has 0 fully saturated rings. The molecular formula is C21H15NO3S. The molecule has 0 radical (unpaired) electrons. The number of benzene rings is 1. The number of hydrogen-bond acceptors (Lipinski definition) is 4. The number of carbonyl (C=O) groups excluding carboxylic acids is 2. The highest BCUT2D eigenvalue weighted by Gasteiger charge is 2.20. The Kier molecular flexibility index (Phi) is 4.14. The first-order chi connectivity index (χ1) is 12.7. The van der Waals surface area contributed by atoms with Gasteiger partial charge in [-0.05, 0) is 53.9 Å². The number of ketones is 1. The summed E-state index contributed by atoms with van der Waals surface area (Å²) in [5.74, 6) is 0.566. The SMILES string of the molecule is COc1ccc(C(=O)c2cc(-c3ccsc3)n3cccc(C=O)c23)cc1. The molecule has 0 aliphatic heterocycles. The predicted octanol–water partition coefficient (Wildman–Crippen LogP) is 4.72. The second kappa shape index (κ2) is 6.61. The molecule has 3 aromatic heterocycles. The van der Waals surface area contributed by atoms with E-state index in [1.54, 1.807) is 48.8 Å². The molecule has 0 aliphatic carbocycles. The van der Waals surface area contributed by atoms with Crippen molar-refractivity contribution in [3.63, 3.8) is 0 Å². The van der Waals surface area contributed by atoms with Gasteiger partial charge in [0.05, 0.1) is 18.3 Å². The number of aldehydes is 1. The fraction of sp³-hybridized carbons (Fsp3) is 0.0476. The molecule has 0 amide bonds. The van der Waals surface area contributed by atoms with E-state index < -0.39 is 0 Å². The second-order valence-electron chi connectivity index (χ2n) is 5.81. The van der Waals surface area contributed by atoms with E-state index in [4.69, 9.17) is 4.74 Å². The number of rotatable bonds is 5. The summed E-state index contributed by atoms with van der Waals surface area (Å²) in [5.41, 5.74) is 4.09. The fourth-order valence-electron chi connectivity index (χ4n) is 3.08. The van der Waals surface area contributed by atoms with E-state index in [2.05, 4.69) is 0 Å². The van der Waals surface area contributed by atoms with Crippen LogP contribution < -0.4 is 4.74 Å². The van der Waals surface area contributed by atoms with E-state index >= 15 is 0 Å². The summed E-state index contributed by atoms with van der Waals surface area (Å²) in [6.07, 6.45) is 2.66. The van der Waals surface area contributed by atoms with Crippen LogP contribution in [-0.4, -0.2) is 23.6 Å². The Morgan fingerprint density at radius 3 is 2.62 bits per heavy atom. The van der Waals surface area contributed by atoms with Crippen molar-refractivity contribution in [3.8, 4) is 17.0 Å². The Morgan fingerprint density at radius 1 is 1.15 bits per heavy atom. The molecule has 5 heteroatoms. The normalized spacial score (nSPS) is 10.8. The Labute approximate surface area is 154 Å². The van der Waals surface area contributed by atoms with Crippen molar-refractivity contribution in [1.82, 2.24) is 4.40 Å². The molecule has 0 unspecified atom stereocenters. The van der Waals surface area contributed by atoms with Crippen molar-refractivity contribution >= 4 is 28.9 Å². The number of hydrogen-bond donors (Lipinski definition) is 0. The lowest BCUT2D eigenvalue weighted by molar-refractivity contribution is 0.104. The lowest BCUT2D eigenvalue weighted by Gasteiger charge is -2.05. The smallest absolute Gasteiger partial charge is 0.195 e. The summed E-state index contributed by atoms with van der Waals surface area (Å²) >= 11 is 1.59. The van der Waals surface area contributed by atoms with Crippen molar-refractivity contribution < 1.29 is 14.3 Å². The minimum Gasteiger partial charge on any atom is -0.497 e. The zero-order valence-corrected chi connectivity index (χ0v) is 14.8. The van der Waals surface area contributed by atoms with E-state index in [0.717, 1.165) is 17.5 Å². The number of thiophene rings is 1. The highest BCUT2D eigenvalue weighted by molar-refractivity contribution is 7.08. The highest BCUT2D eigenvalue weighted by Crippen LogP contribution is 2.31. The number of fused-ring (bicyclic) bond motifs is 1. The van der Waals surface area contributed by atoms with Crippen molar-refractivity contribution in [2.45, 2.75) is 0 Å². The van der Waals surface area contributed by atoms with Crippen LogP contribution in [0.4, 0.5) is 0 Å². The van der Waals surface area contributed by atoms with Gasteiger partial charge >= 0.3 is 0 Å². The summed E-state index contributed by atoms with van der Waals surface area (Å²) in [6, 6.07) is 14.4. The largest absolute Gasteiger partial charge is 0.497 e. The average Bonchev–Trinajstić information content (AvgIpc) is 3.35. The zero-order valence-electron chi connectivity index (χ0n) is 14.0. The molecule has 0 spiro atoms. The van der Waals surface area contributed by atoms with E-state index in [0.29, 0.717) is 28.0 Å². The number of pyridine rings is 1. The summed E-state index contributed by atoms with van der Waals surface area (Å²) in [5, 5.41) is 4.01. The number of ether oxygens (including phenoxy) is 1. The third kappa shape index (κ3) is 2.62. The highest BCUT2D eigenvalue weighted by atomic mass is 32.1. The minimum atomic E-state index is -0.124. The van der Waals surface area contributed by atoms with Gasteiger partial charge in [-0.25, -0.2) is 0 Å². The number of carbonyl (C=O) groups is 2. The van der Waals surface area contributed by atoms with Gasteiger partial charge in [-0.15, -0.1) is 0 Å². The van der Waals surface area contributed by atoms with Gasteiger partial charge in [0.25, 0.3) is 0 Å². The van der Waals surface area contributed by atoms with Crippen molar-refractivity contribution in [2.24, 2.45) is 0 Å². The van der Waals surface area contributed by atoms with Gasteiger partial charge in [0.1, 0.15) is 5.75 Å². The first kappa shape index (κ1) is 16.3. The number of aromatic nitrogens is 1. The summed E-state index contributed by atoms with van der Waals surface area (Å²) in [6.45, 7) is 0. The molecule has 4 rings (SSSR count). The predicted molar refractivity (Wildman–Crippen MR) is 103 cm³/mol. The van der Waals surface area contributed by atoms with Crippen LogP contribution in [-0.2, 0) is 0 Å². The Hall–Kier alpha value is -3.18. The third-order valence-electron chi connectivity index (χ3n) is 4.36. The Balaban J connectivity index is 1.93. The maximum Gasteiger partial charge on any atom is 0.195 e. The molecule has 0 bridgehead atoms. The molecule has 0 N–H and O–H groups in total. The van der Waals surface area contributed by atoms with Crippen LogP contribution in [0, 0.1) is 0 Å². The molecule has 0 atom stereocenters. The summed E-state index contributed by atoms with van der Waals surface area (Å²) in [4.78, 5) is 24.7. The van der Waals surface area contributed by atoms with Gasteiger partial charge in [-0.1, -0.05) is 0 Å². The Bertz CT molecular complexity index is 1090. The second-order valence-corrected chi connectivity index (χ2v) is 6.59. The molecular weight excluding hydrogens is 346 g/mol. The van der Waals surface area contributed by atoms with Gasteiger partial charge in [-0.2, -0.15) is 11.3 Å². The monoisotopic (exact) mass is 361 g/mol. The molecule has 0 saturated carbocycles. The summed E-state index contributed by atoms with van der Waals surface area (Å²) in [7, 11) is 1.58. The van der Waals surface area contributed by atoms with Gasteiger partial charge < -0.3 is 9.14 Å². The van der Waals surface area contributed by atoms with Gasteiger partial charge in [0.15, 0.2) is 12.1 Å². The average molecular weight is 361 g/mol. The van der Waals surface area contributed by atoms with Crippen molar-refractivity contribution in [3.05, 3.63) is 82.2 Å². The van der Waals surface area contributed by atoms with Gasteiger partial charge in [0.2, 0.25) is 0 Å². The van der Waals surface area contributed by atoms with Crippen molar-refractivity contribution in [1.29, 1.82) is 0 Å². The van der Waals surface area contributed by atoms with Crippen LogP contribution >= 0.6 is 11.3 Å². The van der Waals surface area contributed by atoms with Gasteiger partial charge in [0, 0.05) is 33.8 Å². The number of methoxy groups -OCH3 is 1. The Morgan fingerprint density at radius 2 is 1.96 bits per heavy atom. The molecule has 26 heavy (non-hydrogen) atoms. The van der Waals surface area contributed by atoms with Crippen LogP contribution in [0.25, 0.3) is 16.8 Å². The lowest BCUT2D eigenvalue weighted by Crippen LogP contribution is -2.02. The molecule has 0 aliphatic rings. The molecule has 4 nitrogen and oxygen atoms in total. The maximum atomic E-state index is 13.1. The van der Waals surface area contributed by atoms with E-state index in [1.165, 1.54) is 0 Å². The first-order valence-electron chi connectivity index (χ1n) is 8.03. The zero-order chi connectivity index (χ0) is 18.1. The molecule has 0 saturated heterocycles. The van der Waals surface area contributed by atoms with E-state index in [-0.39, 0.29) is 5.78 Å². The standard InChI is InChI=1S/C21H15NO3S/c1-25-17-6-4-14(5-7-17)21(24)18-11-19(16-8-10-26-13-16)22-9-2-3-15(12-23)20(18)22/h2-13H,1H3. The maximum absolute atomic E-state index is 13.1.